The van der Waals surface area contributed by atoms with Gasteiger partial charge in [0, 0.05) is 43.8 Å². The van der Waals surface area contributed by atoms with Gasteiger partial charge in [0.05, 0.1) is 12.7 Å². The smallest absolute Gasteiger partial charge is 0.123 e. The molecule has 1 aromatic carbocycles. The van der Waals surface area contributed by atoms with Gasteiger partial charge >= 0.3 is 0 Å². The van der Waals surface area contributed by atoms with Crippen LogP contribution in [0.5, 0.6) is 0 Å². The van der Waals surface area contributed by atoms with Crippen LogP contribution in [0.3, 0.4) is 0 Å². The highest BCUT2D eigenvalue weighted by atomic mass is 15.3. The Bertz CT molecular complexity index is 789. The second-order valence-corrected chi connectivity index (χ2v) is 6.53. The van der Waals surface area contributed by atoms with E-state index in [1.165, 1.54) is 24.0 Å². The lowest BCUT2D eigenvalue weighted by atomic mass is 10.1. The molecule has 0 amide bonds. The van der Waals surface area contributed by atoms with Crippen LogP contribution in [0.1, 0.15) is 35.8 Å². The van der Waals surface area contributed by atoms with Crippen LogP contribution in [0, 0.1) is 0 Å². The highest BCUT2D eigenvalue weighted by molar-refractivity contribution is 5.16. The molecule has 1 aliphatic rings. The molecule has 5 heteroatoms. The van der Waals surface area contributed by atoms with Crippen molar-refractivity contribution in [3.8, 4) is 0 Å². The predicted molar refractivity (Wildman–Crippen MR) is 93.4 cm³/mol. The van der Waals surface area contributed by atoms with Gasteiger partial charge < -0.3 is 4.57 Å². The molecular formula is C19H23N5. The van der Waals surface area contributed by atoms with Crippen molar-refractivity contribution in [2.75, 3.05) is 6.54 Å². The first-order valence-electron chi connectivity index (χ1n) is 8.56. The fraction of sp³-hybridized carbons (Fsp3) is 0.368. The Morgan fingerprint density at radius 3 is 2.83 bits per heavy atom. The molecule has 1 atom stereocenters. The van der Waals surface area contributed by atoms with Crippen LogP contribution in [0.2, 0.25) is 0 Å². The molecule has 1 fully saturated rings. The van der Waals surface area contributed by atoms with Crippen molar-refractivity contribution in [3.05, 3.63) is 72.1 Å². The maximum atomic E-state index is 4.61. The first kappa shape index (κ1) is 15.1. The number of aryl methyl sites for hydroxylation is 1. The monoisotopic (exact) mass is 321 g/mol. The molecule has 124 valence electrons. The summed E-state index contributed by atoms with van der Waals surface area (Å²) in [7, 11) is 1.98. The number of aromatic nitrogens is 4. The molecule has 0 saturated carbocycles. The minimum atomic E-state index is 0.459. The van der Waals surface area contributed by atoms with Gasteiger partial charge in [0.1, 0.15) is 5.82 Å². The number of rotatable bonds is 5. The number of nitrogens with zero attached hydrogens (tertiary/aromatic N) is 5. The standard InChI is InChI=1S/C19H23N5/c1-22-14-17(12-21-22)18-8-5-10-23(18)15-19-20-9-11-24(19)13-16-6-3-2-4-7-16/h2-4,6-7,9,11-12,14,18H,5,8,10,13,15H2,1H3/t18-/m0/s1. The van der Waals surface area contributed by atoms with Crippen molar-refractivity contribution in [1.82, 2.24) is 24.2 Å². The Morgan fingerprint density at radius 2 is 2.04 bits per heavy atom. The molecule has 0 N–H and O–H groups in total. The van der Waals surface area contributed by atoms with Gasteiger partial charge in [-0.25, -0.2) is 4.98 Å². The molecular weight excluding hydrogens is 298 g/mol. The van der Waals surface area contributed by atoms with E-state index in [4.69, 9.17) is 0 Å². The normalized spacial score (nSPS) is 18.3. The van der Waals surface area contributed by atoms with Crippen LogP contribution >= 0.6 is 0 Å². The van der Waals surface area contributed by atoms with Gasteiger partial charge in [0.15, 0.2) is 0 Å². The quantitative estimate of drug-likeness (QED) is 0.725. The van der Waals surface area contributed by atoms with Gasteiger partial charge in [0.25, 0.3) is 0 Å². The second-order valence-electron chi connectivity index (χ2n) is 6.53. The molecule has 5 nitrogen and oxygen atoms in total. The zero-order chi connectivity index (χ0) is 16.4. The summed E-state index contributed by atoms with van der Waals surface area (Å²) in [5.74, 6) is 1.13. The Morgan fingerprint density at radius 1 is 1.17 bits per heavy atom. The highest BCUT2D eigenvalue weighted by Gasteiger charge is 2.27. The van der Waals surface area contributed by atoms with Crippen LogP contribution in [-0.4, -0.2) is 30.8 Å². The number of likely N-dealkylation sites (tertiary alicyclic amines) is 1. The van der Waals surface area contributed by atoms with Gasteiger partial charge in [-0.3, -0.25) is 9.58 Å². The molecule has 0 unspecified atom stereocenters. The number of benzene rings is 1. The van der Waals surface area contributed by atoms with E-state index >= 15 is 0 Å². The highest BCUT2D eigenvalue weighted by Crippen LogP contribution is 2.32. The largest absolute Gasteiger partial charge is 0.329 e. The third-order valence-electron chi connectivity index (χ3n) is 4.82. The van der Waals surface area contributed by atoms with Crippen molar-refractivity contribution >= 4 is 0 Å². The van der Waals surface area contributed by atoms with E-state index in [1.54, 1.807) is 0 Å². The molecule has 0 aliphatic carbocycles. The van der Waals surface area contributed by atoms with E-state index in [0.29, 0.717) is 6.04 Å². The number of hydrogen-bond donors (Lipinski definition) is 0. The fourth-order valence-electron chi connectivity index (χ4n) is 3.60. The molecule has 24 heavy (non-hydrogen) atoms. The van der Waals surface area contributed by atoms with Crippen LogP contribution in [0.15, 0.2) is 55.1 Å². The summed E-state index contributed by atoms with van der Waals surface area (Å²) in [6, 6.07) is 11.0. The van der Waals surface area contributed by atoms with Gasteiger partial charge in [-0.1, -0.05) is 30.3 Å². The Kier molecular flexibility index (Phi) is 4.17. The van der Waals surface area contributed by atoms with E-state index in [9.17, 15) is 0 Å². The summed E-state index contributed by atoms with van der Waals surface area (Å²) in [5, 5.41) is 4.34. The number of imidazole rings is 1. The predicted octanol–water partition coefficient (Wildman–Crippen LogP) is 3.00. The minimum absolute atomic E-state index is 0.459. The maximum absolute atomic E-state index is 4.61. The van der Waals surface area contributed by atoms with E-state index in [0.717, 1.165) is 25.5 Å². The summed E-state index contributed by atoms with van der Waals surface area (Å²) < 4.78 is 4.15. The maximum Gasteiger partial charge on any atom is 0.123 e. The molecule has 3 heterocycles. The molecule has 1 aliphatic heterocycles. The average molecular weight is 321 g/mol. The average Bonchev–Trinajstić information content (AvgIpc) is 3.31. The van der Waals surface area contributed by atoms with Crippen molar-refractivity contribution in [3.63, 3.8) is 0 Å². The summed E-state index contributed by atoms with van der Waals surface area (Å²) in [5.41, 5.74) is 2.62. The molecule has 0 bridgehead atoms. The second kappa shape index (κ2) is 6.61. The summed E-state index contributed by atoms with van der Waals surface area (Å²) in [6.45, 7) is 2.89. The van der Waals surface area contributed by atoms with Gasteiger partial charge in [0.2, 0.25) is 0 Å². The first-order chi connectivity index (χ1) is 11.8. The molecule has 1 saturated heterocycles. The van der Waals surface area contributed by atoms with Crippen LogP contribution < -0.4 is 0 Å². The van der Waals surface area contributed by atoms with E-state index in [-0.39, 0.29) is 0 Å². The Labute approximate surface area is 142 Å². The summed E-state index contributed by atoms with van der Waals surface area (Å²) in [4.78, 5) is 7.14. The van der Waals surface area contributed by atoms with Crippen molar-refractivity contribution in [2.24, 2.45) is 7.05 Å². The molecule has 3 aromatic rings. The summed E-state index contributed by atoms with van der Waals surface area (Å²) in [6.07, 6.45) is 10.6. The van der Waals surface area contributed by atoms with E-state index in [1.807, 2.05) is 24.1 Å². The first-order valence-corrected chi connectivity index (χ1v) is 8.56. The van der Waals surface area contributed by atoms with Crippen LogP contribution in [-0.2, 0) is 20.1 Å². The van der Waals surface area contributed by atoms with Crippen molar-refractivity contribution in [1.29, 1.82) is 0 Å². The molecule has 0 radical (unpaired) electrons. The fourth-order valence-corrected chi connectivity index (χ4v) is 3.60. The Hall–Kier alpha value is -2.40. The lowest BCUT2D eigenvalue weighted by Crippen LogP contribution is -2.24. The SMILES string of the molecule is Cn1cc([C@@H]2CCCN2Cc2nccn2Cc2ccccc2)cn1. The third kappa shape index (κ3) is 3.12. The third-order valence-corrected chi connectivity index (χ3v) is 4.82. The number of hydrogen-bond acceptors (Lipinski definition) is 3. The summed E-state index contributed by atoms with van der Waals surface area (Å²) >= 11 is 0. The molecule has 4 rings (SSSR count). The van der Waals surface area contributed by atoms with Gasteiger partial charge in [-0.2, -0.15) is 5.10 Å². The minimum Gasteiger partial charge on any atom is -0.329 e. The Balaban J connectivity index is 1.50. The zero-order valence-electron chi connectivity index (χ0n) is 14.0. The van der Waals surface area contributed by atoms with Gasteiger partial charge in [-0.15, -0.1) is 0 Å². The molecule has 0 spiro atoms. The van der Waals surface area contributed by atoms with Crippen LogP contribution in [0.25, 0.3) is 0 Å². The zero-order valence-corrected chi connectivity index (χ0v) is 14.0. The van der Waals surface area contributed by atoms with Crippen molar-refractivity contribution < 1.29 is 0 Å². The van der Waals surface area contributed by atoms with Gasteiger partial charge in [-0.05, 0) is 24.9 Å². The van der Waals surface area contributed by atoms with E-state index < -0.39 is 0 Å². The lowest BCUT2D eigenvalue weighted by Gasteiger charge is -2.23. The van der Waals surface area contributed by atoms with Crippen LogP contribution in [0.4, 0.5) is 0 Å². The molecule has 2 aromatic heterocycles. The topological polar surface area (TPSA) is 38.9 Å². The van der Waals surface area contributed by atoms with E-state index in [2.05, 4.69) is 62.3 Å². The van der Waals surface area contributed by atoms with Crippen molar-refractivity contribution in [2.45, 2.75) is 32.0 Å². The lowest BCUT2D eigenvalue weighted by molar-refractivity contribution is 0.239.